The lowest BCUT2D eigenvalue weighted by atomic mass is 10.1. The van der Waals surface area contributed by atoms with Crippen molar-refractivity contribution in [3.8, 4) is 0 Å². The Labute approximate surface area is 173 Å². The number of amides is 1. The molecule has 5 nitrogen and oxygen atoms in total. The van der Waals surface area contributed by atoms with Gasteiger partial charge in [-0.05, 0) is 55.0 Å². The normalized spacial score (nSPS) is 12.4. The van der Waals surface area contributed by atoms with Crippen LogP contribution < -0.4 is 10.0 Å². The number of carbonyl (C=O) groups excluding carboxylic acids is 1. The second-order valence-corrected chi connectivity index (χ2v) is 8.51. The third-order valence-corrected chi connectivity index (χ3v) is 6.03. The van der Waals surface area contributed by atoms with Gasteiger partial charge in [0.25, 0.3) is 5.91 Å². The molecule has 3 aromatic rings. The molecule has 0 bridgehead atoms. The number of hydrogen-bond acceptors (Lipinski definition) is 3. The van der Waals surface area contributed by atoms with E-state index in [1.807, 2.05) is 6.07 Å². The zero-order valence-electron chi connectivity index (χ0n) is 15.4. The maximum absolute atomic E-state index is 14.5. The van der Waals surface area contributed by atoms with Gasteiger partial charge >= 0.3 is 0 Å². The molecule has 2 N–H and O–H groups in total. The SMILES string of the molecule is C[C@H](NS(=O)(=O)c1ccc(NC(=O)c2ccc(Cl)cc2)c(F)c1)c1ccccc1. The third-order valence-electron chi connectivity index (χ3n) is 4.24. The molecular formula is C21H18ClFN2O3S. The minimum atomic E-state index is -3.95. The lowest BCUT2D eigenvalue weighted by Crippen LogP contribution is -2.27. The van der Waals surface area contributed by atoms with Crippen LogP contribution in [-0.2, 0) is 10.0 Å². The van der Waals surface area contributed by atoms with Crippen LogP contribution in [0.5, 0.6) is 0 Å². The van der Waals surface area contributed by atoms with Gasteiger partial charge in [-0.3, -0.25) is 4.79 Å². The predicted octanol–water partition coefficient (Wildman–Crippen LogP) is 4.77. The minimum Gasteiger partial charge on any atom is -0.319 e. The molecule has 0 unspecified atom stereocenters. The fourth-order valence-corrected chi connectivity index (χ4v) is 4.04. The van der Waals surface area contributed by atoms with Crippen molar-refractivity contribution >= 4 is 33.2 Å². The van der Waals surface area contributed by atoms with E-state index in [1.165, 1.54) is 24.3 Å². The van der Waals surface area contributed by atoms with E-state index in [4.69, 9.17) is 11.6 Å². The molecule has 1 amide bonds. The first-order valence-electron chi connectivity index (χ1n) is 8.70. The summed E-state index contributed by atoms with van der Waals surface area (Å²) in [6, 6.07) is 18.0. The summed E-state index contributed by atoms with van der Waals surface area (Å²) in [5, 5.41) is 2.89. The summed E-state index contributed by atoms with van der Waals surface area (Å²) >= 11 is 5.78. The fraction of sp³-hybridized carbons (Fsp3) is 0.0952. The standard InChI is InChI=1S/C21H18ClFN2O3S/c1-14(15-5-3-2-4-6-15)25-29(27,28)18-11-12-20(19(23)13-18)24-21(26)16-7-9-17(22)10-8-16/h2-14,25H,1H3,(H,24,26)/t14-/m0/s1. The molecule has 1 atom stereocenters. The van der Waals surface area contributed by atoms with Gasteiger partial charge in [0, 0.05) is 16.6 Å². The van der Waals surface area contributed by atoms with E-state index in [-0.39, 0.29) is 10.6 Å². The molecule has 0 aromatic heterocycles. The molecular weight excluding hydrogens is 415 g/mol. The number of halogens is 2. The van der Waals surface area contributed by atoms with E-state index in [1.54, 1.807) is 43.3 Å². The van der Waals surface area contributed by atoms with Crippen LogP contribution >= 0.6 is 11.6 Å². The van der Waals surface area contributed by atoms with E-state index in [0.29, 0.717) is 10.6 Å². The average molecular weight is 433 g/mol. The fourth-order valence-electron chi connectivity index (χ4n) is 2.67. The number of sulfonamides is 1. The molecule has 0 spiro atoms. The quantitative estimate of drug-likeness (QED) is 0.589. The topological polar surface area (TPSA) is 75.3 Å². The van der Waals surface area contributed by atoms with Crippen molar-refractivity contribution in [1.82, 2.24) is 4.72 Å². The van der Waals surface area contributed by atoms with Crippen LogP contribution in [0.2, 0.25) is 5.02 Å². The monoisotopic (exact) mass is 432 g/mol. The van der Waals surface area contributed by atoms with E-state index in [2.05, 4.69) is 10.0 Å². The van der Waals surface area contributed by atoms with Gasteiger partial charge in [-0.1, -0.05) is 41.9 Å². The zero-order chi connectivity index (χ0) is 21.0. The lowest BCUT2D eigenvalue weighted by molar-refractivity contribution is 0.102. The van der Waals surface area contributed by atoms with Gasteiger partial charge in [0.15, 0.2) is 0 Å². The van der Waals surface area contributed by atoms with Gasteiger partial charge < -0.3 is 5.32 Å². The van der Waals surface area contributed by atoms with Crippen molar-refractivity contribution in [3.63, 3.8) is 0 Å². The van der Waals surface area contributed by atoms with Crippen LogP contribution in [0.25, 0.3) is 0 Å². The number of rotatable bonds is 6. The Hall–Kier alpha value is -2.74. The van der Waals surface area contributed by atoms with E-state index in [0.717, 1.165) is 11.6 Å². The number of carbonyl (C=O) groups is 1. The van der Waals surface area contributed by atoms with Crippen molar-refractivity contribution in [1.29, 1.82) is 0 Å². The predicted molar refractivity (Wildman–Crippen MR) is 111 cm³/mol. The number of nitrogens with one attached hydrogen (secondary N) is 2. The molecule has 29 heavy (non-hydrogen) atoms. The van der Waals surface area contributed by atoms with Crippen molar-refractivity contribution in [2.24, 2.45) is 0 Å². The van der Waals surface area contributed by atoms with Gasteiger partial charge in [0.1, 0.15) is 5.82 Å². The molecule has 0 radical (unpaired) electrons. The smallest absolute Gasteiger partial charge is 0.255 e. The highest BCUT2D eigenvalue weighted by atomic mass is 35.5. The van der Waals surface area contributed by atoms with Crippen LogP contribution in [0.4, 0.5) is 10.1 Å². The summed E-state index contributed by atoms with van der Waals surface area (Å²) < 4.78 is 42.1. The molecule has 3 aromatic carbocycles. The molecule has 0 saturated heterocycles. The molecule has 0 saturated carbocycles. The van der Waals surface area contributed by atoms with Crippen LogP contribution in [0.1, 0.15) is 28.9 Å². The molecule has 0 aliphatic heterocycles. The highest BCUT2D eigenvalue weighted by molar-refractivity contribution is 7.89. The highest BCUT2D eigenvalue weighted by Crippen LogP contribution is 2.22. The van der Waals surface area contributed by atoms with Crippen LogP contribution in [0.3, 0.4) is 0 Å². The van der Waals surface area contributed by atoms with Gasteiger partial charge in [0.05, 0.1) is 10.6 Å². The van der Waals surface area contributed by atoms with Crippen LogP contribution in [0, 0.1) is 5.82 Å². The van der Waals surface area contributed by atoms with E-state index < -0.39 is 27.8 Å². The Morgan fingerprint density at radius 1 is 1.00 bits per heavy atom. The Bertz CT molecular complexity index is 1120. The summed E-state index contributed by atoms with van der Waals surface area (Å²) in [5.41, 5.74) is 0.951. The summed E-state index contributed by atoms with van der Waals surface area (Å²) in [6.45, 7) is 1.70. The van der Waals surface area contributed by atoms with Crippen molar-refractivity contribution in [2.75, 3.05) is 5.32 Å². The van der Waals surface area contributed by atoms with Crippen molar-refractivity contribution in [2.45, 2.75) is 17.9 Å². The first-order chi connectivity index (χ1) is 13.8. The summed E-state index contributed by atoms with van der Waals surface area (Å²) in [6.07, 6.45) is 0. The average Bonchev–Trinajstić information content (AvgIpc) is 2.70. The Balaban J connectivity index is 1.76. The Kier molecular flexibility index (Phi) is 6.32. The molecule has 150 valence electrons. The number of benzene rings is 3. The molecule has 0 fully saturated rings. The summed E-state index contributed by atoms with van der Waals surface area (Å²) in [7, 11) is -3.95. The van der Waals surface area contributed by atoms with E-state index >= 15 is 0 Å². The first-order valence-corrected chi connectivity index (χ1v) is 10.6. The third kappa shape index (κ3) is 5.20. The highest BCUT2D eigenvalue weighted by Gasteiger charge is 2.20. The molecule has 8 heteroatoms. The van der Waals surface area contributed by atoms with Gasteiger partial charge in [-0.25, -0.2) is 17.5 Å². The minimum absolute atomic E-state index is 0.125. The Morgan fingerprint density at radius 2 is 1.66 bits per heavy atom. The molecule has 0 aliphatic rings. The van der Waals surface area contributed by atoms with Gasteiger partial charge in [0.2, 0.25) is 10.0 Å². The zero-order valence-corrected chi connectivity index (χ0v) is 17.0. The number of anilines is 1. The van der Waals surface area contributed by atoms with Gasteiger partial charge in [-0.2, -0.15) is 0 Å². The second kappa shape index (κ2) is 8.73. The summed E-state index contributed by atoms with van der Waals surface area (Å²) in [5.74, 6) is -1.39. The number of hydrogen-bond donors (Lipinski definition) is 2. The Morgan fingerprint density at radius 3 is 2.28 bits per heavy atom. The van der Waals surface area contributed by atoms with Crippen molar-refractivity contribution in [3.05, 3.63) is 94.8 Å². The molecule has 0 aliphatic carbocycles. The first kappa shape index (κ1) is 21.0. The van der Waals surface area contributed by atoms with Crippen molar-refractivity contribution < 1.29 is 17.6 Å². The lowest BCUT2D eigenvalue weighted by Gasteiger charge is -2.15. The van der Waals surface area contributed by atoms with Gasteiger partial charge in [-0.15, -0.1) is 0 Å². The second-order valence-electron chi connectivity index (χ2n) is 6.36. The maximum atomic E-state index is 14.5. The van der Waals surface area contributed by atoms with Crippen LogP contribution in [-0.4, -0.2) is 14.3 Å². The van der Waals surface area contributed by atoms with E-state index in [9.17, 15) is 17.6 Å². The summed E-state index contributed by atoms with van der Waals surface area (Å²) in [4.78, 5) is 12.0. The maximum Gasteiger partial charge on any atom is 0.255 e. The van der Waals surface area contributed by atoms with Crippen LogP contribution in [0.15, 0.2) is 77.7 Å². The molecule has 0 heterocycles. The molecule has 3 rings (SSSR count). The largest absolute Gasteiger partial charge is 0.319 e.